The van der Waals surface area contributed by atoms with Crippen LogP contribution >= 0.6 is 0 Å². The van der Waals surface area contributed by atoms with Crippen LogP contribution in [0.5, 0.6) is 11.5 Å². The first kappa shape index (κ1) is 22.7. The average molecular weight is 469 g/mol. The summed E-state index contributed by atoms with van der Waals surface area (Å²) in [6, 6.07) is 3.78. The minimum atomic E-state index is -0.891. The number of ether oxygens (including phenoxy) is 1. The predicted octanol–water partition coefficient (Wildman–Crippen LogP) is 3.75. The molecule has 6 heteroatoms. The van der Waals surface area contributed by atoms with E-state index >= 15 is 0 Å². The van der Waals surface area contributed by atoms with Gasteiger partial charge in [-0.05, 0) is 69.0 Å². The number of likely N-dealkylation sites (tertiary alicyclic amines) is 1. The molecule has 5 aliphatic rings. The van der Waals surface area contributed by atoms with Gasteiger partial charge in [-0.15, -0.1) is 0 Å². The van der Waals surface area contributed by atoms with Crippen LogP contribution < -0.4 is 4.74 Å². The average Bonchev–Trinajstić information content (AvgIpc) is 3.57. The number of aliphatic hydroxyl groups is 1. The van der Waals surface area contributed by atoms with Gasteiger partial charge >= 0.3 is 0 Å². The summed E-state index contributed by atoms with van der Waals surface area (Å²) < 4.78 is 6.61. The van der Waals surface area contributed by atoms with Crippen LogP contribution in [0, 0.1) is 5.92 Å². The van der Waals surface area contributed by atoms with E-state index in [1.807, 2.05) is 18.0 Å². The molecule has 186 valence electrons. The number of hydrogen-bond acceptors (Lipinski definition) is 5. The van der Waals surface area contributed by atoms with Crippen molar-refractivity contribution in [3.05, 3.63) is 23.3 Å². The second-order valence-corrected chi connectivity index (χ2v) is 11.7. The molecule has 34 heavy (non-hydrogen) atoms. The molecular weight excluding hydrogens is 428 g/mol. The first-order valence-corrected chi connectivity index (χ1v) is 13.6. The summed E-state index contributed by atoms with van der Waals surface area (Å²) in [6.07, 6.45) is 10.2. The molecule has 6 rings (SSSR count). The minimum absolute atomic E-state index is 0.0759. The van der Waals surface area contributed by atoms with E-state index in [0.717, 1.165) is 63.1 Å². The van der Waals surface area contributed by atoms with Crippen molar-refractivity contribution < 1.29 is 19.7 Å². The molecule has 2 N–H and O–H groups in total. The molecule has 3 fully saturated rings. The van der Waals surface area contributed by atoms with E-state index in [9.17, 15) is 15.0 Å². The fourth-order valence-corrected chi connectivity index (χ4v) is 7.92. The largest absolute Gasteiger partial charge is 0.504 e. The Hall–Kier alpha value is -1.79. The highest BCUT2D eigenvalue weighted by molar-refractivity contribution is 5.76. The molecule has 1 amide bonds. The van der Waals surface area contributed by atoms with Crippen LogP contribution in [0.4, 0.5) is 0 Å². The van der Waals surface area contributed by atoms with Gasteiger partial charge in [0.2, 0.25) is 5.91 Å². The Balaban J connectivity index is 1.35. The van der Waals surface area contributed by atoms with Crippen molar-refractivity contribution >= 4 is 5.91 Å². The first-order chi connectivity index (χ1) is 16.4. The molecular formula is C28H40N2O4. The number of amides is 1. The molecule has 2 heterocycles. The molecule has 1 aromatic rings. The van der Waals surface area contributed by atoms with Crippen LogP contribution in [-0.2, 0) is 16.6 Å². The van der Waals surface area contributed by atoms with Crippen molar-refractivity contribution in [1.82, 2.24) is 9.80 Å². The van der Waals surface area contributed by atoms with E-state index in [1.165, 1.54) is 24.8 Å². The molecule has 1 saturated heterocycles. The van der Waals surface area contributed by atoms with E-state index < -0.39 is 11.0 Å². The highest BCUT2D eigenvalue weighted by atomic mass is 16.5. The van der Waals surface area contributed by atoms with Crippen molar-refractivity contribution in [3.8, 4) is 11.5 Å². The molecule has 1 spiro atoms. The van der Waals surface area contributed by atoms with Crippen LogP contribution in [0.25, 0.3) is 0 Å². The number of unbranched alkanes of at least 4 members (excludes halogenated alkanes) is 3. The van der Waals surface area contributed by atoms with Crippen molar-refractivity contribution in [2.75, 3.05) is 20.1 Å². The summed E-state index contributed by atoms with van der Waals surface area (Å²) in [5.74, 6) is 1.67. The summed E-state index contributed by atoms with van der Waals surface area (Å²) in [7, 11) is 1.92. The van der Waals surface area contributed by atoms with Crippen molar-refractivity contribution in [3.63, 3.8) is 0 Å². The number of aromatic hydroxyl groups is 1. The van der Waals surface area contributed by atoms with Gasteiger partial charge in [-0.2, -0.15) is 0 Å². The summed E-state index contributed by atoms with van der Waals surface area (Å²) >= 11 is 0. The lowest BCUT2D eigenvalue weighted by atomic mass is 9.48. The van der Waals surface area contributed by atoms with E-state index in [-0.39, 0.29) is 29.8 Å². The van der Waals surface area contributed by atoms with Gasteiger partial charge in [-0.3, -0.25) is 9.69 Å². The Morgan fingerprint density at radius 3 is 2.79 bits per heavy atom. The third-order valence-electron chi connectivity index (χ3n) is 9.87. The van der Waals surface area contributed by atoms with E-state index in [2.05, 4.69) is 11.8 Å². The smallest absolute Gasteiger partial charge is 0.222 e. The number of benzene rings is 1. The van der Waals surface area contributed by atoms with Crippen molar-refractivity contribution in [2.24, 2.45) is 5.92 Å². The zero-order valence-electron chi connectivity index (χ0n) is 20.8. The lowest BCUT2D eigenvalue weighted by Crippen LogP contribution is -2.78. The predicted molar refractivity (Wildman–Crippen MR) is 130 cm³/mol. The summed E-state index contributed by atoms with van der Waals surface area (Å²) in [4.78, 5) is 17.6. The Kier molecular flexibility index (Phi) is 5.41. The SMILES string of the molecule is CCCCCCC(=O)N(C)[C@H]1CC[C@@]2(O)[C@H]3Cc4ccc(O)c5c4[C@@]2(CCN3CC2CC2)[C@H]1O5. The highest BCUT2D eigenvalue weighted by Gasteiger charge is 2.73. The van der Waals surface area contributed by atoms with Gasteiger partial charge in [-0.1, -0.05) is 32.3 Å². The molecule has 2 aliphatic heterocycles. The fourth-order valence-electron chi connectivity index (χ4n) is 7.92. The third kappa shape index (κ3) is 3.10. The standard InChI is InChI=1S/C28H40N2O4/c1-3-4-5-6-7-23(32)29(2)20-12-13-28(33)22-16-19-10-11-21(31)25-24(19)27(28,26(20)34-25)14-15-30(22)17-18-8-9-18/h10-11,18,20,22,26,31,33H,3-9,12-17H2,1-2H3/t20-,22+,26-,27-,28+/m0/s1. The van der Waals surface area contributed by atoms with Crippen LogP contribution in [0.2, 0.25) is 0 Å². The molecule has 2 bridgehead atoms. The second kappa shape index (κ2) is 8.12. The minimum Gasteiger partial charge on any atom is -0.504 e. The van der Waals surface area contributed by atoms with Gasteiger partial charge in [0.05, 0.1) is 17.1 Å². The van der Waals surface area contributed by atoms with E-state index in [4.69, 9.17) is 4.74 Å². The number of likely N-dealkylation sites (N-methyl/N-ethyl adjacent to an activating group) is 1. The Morgan fingerprint density at radius 2 is 2.03 bits per heavy atom. The zero-order valence-corrected chi connectivity index (χ0v) is 20.8. The molecule has 0 unspecified atom stereocenters. The first-order valence-electron chi connectivity index (χ1n) is 13.6. The monoisotopic (exact) mass is 468 g/mol. The maximum atomic E-state index is 13.2. The topological polar surface area (TPSA) is 73.2 Å². The summed E-state index contributed by atoms with van der Waals surface area (Å²) in [5.41, 5.74) is 0.799. The molecule has 6 nitrogen and oxygen atoms in total. The maximum absolute atomic E-state index is 13.2. The number of phenols is 1. The van der Waals surface area contributed by atoms with Crippen LogP contribution in [0.15, 0.2) is 12.1 Å². The molecule has 5 atom stereocenters. The lowest BCUT2D eigenvalue weighted by molar-refractivity contribution is -0.200. The van der Waals surface area contributed by atoms with Crippen LogP contribution in [0.3, 0.4) is 0 Å². The van der Waals surface area contributed by atoms with Gasteiger partial charge in [-0.25, -0.2) is 0 Å². The van der Waals surface area contributed by atoms with Gasteiger partial charge in [0.15, 0.2) is 11.5 Å². The van der Waals surface area contributed by atoms with Gasteiger partial charge in [0.25, 0.3) is 0 Å². The molecule has 0 radical (unpaired) electrons. The number of rotatable bonds is 8. The van der Waals surface area contributed by atoms with Gasteiger partial charge < -0.3 is 19.8 Å². The van der Waals surface area contributed by atoms with Crippen molar-refractivity contribution in [1.29, 1.82) is 0 Å². The molecule has 3 aliphatic carbocycles. The highest BCUT2D eigenvalue weighted by Crippen LogP contribution is 2.66. The molecule has 1 aromatic carbocycles. The number of hydrogen-bond donors (Lipinski definition) is 2. The van der Waals surface area contributed by atoms with Crippen LogP contribution in [0.1, 0.15) is 82.3 Å². The van der Waals surface area contributed by atoms with Crippen LogP contribution in [-0.4, -0.2) is 69.8 Å². The quantitative estimate of drug-likeness (QED) is 0.569. The Morgan fingerprint density at radius 1 is 1.21 bits per heavy atom. The second-order valence-electron chi connectivity index (χ2n) is 11.7. The molecule has 2 saturated carbocycles. The number of piperidine rings is 1. The number of phenolic OH excluding ortho intramolecular Hbond substituents is 1. The Labute approximate surface area is 203 Å². The zero-order chi connectivity index (χ0) is 23.7. The van der Waals surface area contributed by atoms with E-state index in [1.54, 1.807) is 6.07 Å². The summed E-state index contributed by atoms with van der Waals surface area (Å²) in [6.45, 7) is 4.20. The number of nitrogens with zero attached hydrogens (tertiary/aromatic N) is 2. The summed E-state index contributed by atoms with van der Waals surface area (Å²) in [5, 5.41) is 23.3. The third-order valence-corrected chi connectivity index (χ3v) is 9.87. The fraction of sp³-hybridized carbons (Fsp3) is 0.750. The lowest BCUT2D eigenvalue weighted by Gasteiger charge is -2.64. The normalized spacial score (nSPS) is 35.6. The maximum Gasteiger partial charge on any atom is 0.222 e. The Bertz CT molecular complexity index is 977. The molecule has 0 aromatic heterocycles. The van der Waals surface area contributed by atoms with Crippen molar-refractivity contribution in [2.45, 2.75) is 107 Å². The van der Waals surface area contributed by atoms with Gasteiger partial charge in [0.1, 0.15) is 6.10 Å². The van der Waals surface area contributed by atoms with E-state index in [0.29, 0.717) is 18.6 Å². The number of carbonyl (C=O) groups excluding carboxylic acids is 1. The number of carbonyl (C=O) groups is 1. The van der Waals surface area contributed by atoms with Gasteiger partial charge in [0, 0.05) is 31.6 Å².